The third-order valence-electron chi connectivity index (χ3n) is 3.02. The van der Waals surface area contributed by atoms with E-state index in [0.717, 1.165) is 17.1 Å². The molecule has 0 bridgehead atoms. The summed E-state index contributed by atoms with van der Waals surface area (Å²) < 4.78 is 11.2. The van der Waals surface area contributed by atoms with Crippen molar-refractivity contribution in [2.45, 2.75) is 6.42 Å². The molecule has 2 aromatic carbocycles. The lowest BCUT2D eigenvalue weighted by Gasteiger charge is -2.14. The molecule has 100 valence electrons. The van der Waals surface area contributed by atoms with Gasteiger partial charge >= 0.3 is 0 Å². The molecule has 0 radical (unpaired) electrons. The van der Waals surface area contributed by atoms with E-state index in [0.29, 0.717) is 18.8 Å². The smallest absolute Gasteiger partial charge is 0.162 e. The molecular weight excluding hydrogens is 252 g/mol. The number of ether oxygens (including phenoxy) is 2. The summed E-state index contributed by atoms with van der Waals surface area (Å²) in [7, 11) is 0. The van der Waals surface area contributed by atoms with E-state index in [9.17, 15) is 4.79 Å². The average molecular weight is 266 g/mol. The van der Waals surface area contributed by atoms with Gasteiger partial charge in [-0.15, -0.1) is 0 Å². The second-order valence-electron chi connectivity index (χ2n) is 4.51. The Bertz CT molecular complexity index is 627. The minimum atomic E-state index is 0.107. The normalized spacial score (nSPS) is 14.4. The second kappa shape index (κ2) is 5.61. The highest BCUT2D eigenvalue weighted by molar-refractivity contribution is 5.96. The van der Waals surface area contributed by atoms with Gasteiger partial charge in [0.2, 0.25) is 0 Å². The number of hydrogen-bond donors (Lipinski definition) is 0. The predicted molar refractivity (Wildman–Crippen MR) is 76.5 cm³/mol. The van der Waals surface area contributed by atoms with Crippen molar-refractivity contribution in [2.75, 3.05) is 6.61 Å². The van der Waals surface area contributed by atoms with Gasteiger partial charge in [-0.05, 0) is 36.4 Å². The van der Waals surface area contributed by atoms with Crippen LogP contribution in [0.3, 0.4) is 0 Å². The zero-order chi connectivity index (χ0) is 13.8. The summed E-state index contributed by atoms with van der Waals surface area (Å²) in [5.41, 5.74) is 0.887. The number of para-hydroxylation sites is 1. The Morgan fingerprint density at radius 3 is 2.30 bits per heavy atom. The maximum Gasteiger partial charge on any atom is 0.162 e. The zero-order valence-electron chi connectivity index (χ0n) is 10.9. The van der Waals surface area contributed by atoms with Crippen molar-refractivity contribution in [3.63, 3.8) is 0 Å². The summed E-state index contributed by atoms with van der Waals surface area (Å²) >= 11 is 0. The molecule has 0 saturated carbocycles. The monoisotopic (exact) mass is 266 g/mol. The first-order valence-electron chi connectivity index (χ1n) is 6.52. The van der Waals surface area contributed by atoms with Crippen LogP contribution < -0.4 is 4.74 Å². The largest absolute Gasteiger partial charge is 0.492 e. The minimum absolute atomic E-state index is 0.107. The van der Waals surface area contributed by atoms with Crippen molar-refractivity contribution in [1.82, 2.24) is 0 Å². The van der Waals surface area contributed by atoms with E-state index in [1.54, 1.807) is 6.08 Å². The van der Waals surface area contributed by atoms with Crippen LogP contribution >= 0.6 is 0 Å². The summed E-state index contributed by atoms with van der Waals surface area (Å²) in [4.78, 5) is 11.4. The lowest BCUT2D eigenvalue weighted by atomic mass is 10.1. The molecule has 0 amide bonds. The highest BCUT2D eigenvalue weighted by atomic mass is 16.5. The summed E-state index contributed by atoms with van der Waals surface area (Å²) in [6.45, 7) is 0.451. The van der Waals surface area contributed by atoms with Crippen molar-refractivity contribution in [1.29, 1.82) is 0 Å². The average Bonchev–Trinajstić information content (AvgIpc) is 2.49. The van der Waals surface area contributed by atoms with Crippen LogP contribution in [0.1, 0.15) is 12.0 Å². The van der Waals surface area contributed by atoms with Gasteiger partial charge < -0.3 is 9.47 Å². The highest BCUT2D eigenvalue weighted by Gasteiger charge is 2.12. The highest BCUT2D eigenvalue weighted by Crippen LogP contribution is 2.25. The predicted octanol–water partition coefficient (Wildman–Crippen LogP) is 3.81. The Morgan fingerprint density at radius 1 is 0.900 bits per heavy atom. The van der Waals surface area contributed by atoms with Crippen LogP contribution in [0.4, 0.5) is 0 Å². The SMILES string of the molecule is O=C1C=C(c2ccc(Oc3ccccc3)cc2)OCC1. The van der Waals surface area contributed by atoms with Gasteiger partial charge in [-0.1, -0.05) is 18.2 Å². The molecule has 0 N–H and O–H groups in total. The molecule has 0 spiro atoms. The fraction of sp³-hybridized carbons (Fsp3) is 0.118. The van der Waals surface area contributed by atoms with Crippen LogP contribution in [0.5, 0.6) is 11.5 Å². The topological polar surface area (TPSA) is 35.5 Å². The van der Waals surface area contributed by atoms with E-state index < -0.39 is 0 Å². The number of carbonyl (C=O) groups is 1. The molecule has 3 heteroatoms. The molecule has 2 aromatic rings. The molecule has 3 nitrogen and oxygen atoms in total. The summed E-state index contributed by atoms with van der Waals surface area (Å²) in [5, 5.41) is 0. The van der Waals surface area contributed by atoms with Crippen LogP contribution in [0.15, 0.2) is 60.7 Å². The lowest BCUT2D eigenvalue weighted by Crippen LogP contribution is -2.08. The number of carbonyl (C=O) groups excluding carboxylic acids is 1. The van der Waals surface area contributed by atoms with Gasteiger partial charge in [0.05, 0.1) is 6.61 Å². The van der Waals surface area contributed by atoms with Crippen molar-refractivity contribution in [2.24, 2.45) is 0 Å². The van der Waals surface area contributed by atoms with Gasteiger partial charge in [0, 0.05) is 18.1 Å². The Kier molecular flexibility index (Phi) is 3.50. The van der Waals surface area contributed by atoms with Crippen LogP contribution in [-0.4, -0.2) is 12.4 Å². The first-order chi connectivity index (χ1) is 9.81. The molecule has 3 rings (SSSR count). The van der Waals surface area contributed by atoms with E-state index in [2.05, 4.69) is 0 Å². The molecule has 0 saturated heterocycles. The third kappa shape index (κ3) is 2.88. The van der Waals surface area contributed by atoms with Gasteiger partial charge in [-0.25, -0.2) is 0 Å². The van der Waals surface area contributed by atoms with Crippen LogP contribution in [-0.2, 0) is 9.53 Å². The lowest BCUT2D eigenvalue weighted by molar-refractivity contribution is -0.115. The van der Waals surface area contributed by atoms with Gasteiger partial charge in [0.1, 0.15) is 17.3 Å². The maximum absolute atomic E-state index is 11.4. The molecule has 0 fully saturated rings. The van der Waals surface area contributed by atoms with E-state index >= 15 is 0 Å². The Morgan fingerprint density at radius 2 is 1.60 bits per heavy atom. The summed E-state index contributed by atoms with van der Waals surface area (Å²) in [5.74, 6) is 2.29. The Labute approximate surface area is 117 Å². The number of allylic oxidation sites excluding steroid dienone is 1. The van der Waals surface area contributed by atoms with E-state index in [4.69, 9.17) is 9.47 Å². The third-order valence-corrected chi connectivity index (χ3v) is 3.02. The van der Waals surface area contributed by atoms with Crippen molar-refractivity contribution in [3.05, 3.63) is 66.2 Å². The summed E-state index contributed by atoms with van der Waals surface area (Å²) in [6.07, 6.45) is 2.01. The summed E-state index contributed by atoms with van der Waals surface area (Å²) in [6, 6.07) is 17.1. The maximum atomic E-state index is 11.4. The van der Waals surface area contributed by atoms with Crippen LogP contribution in [0, 0.1) is 0 Å². The number of ketones is 1. The number of benzene rings is 2. The molecular formula is C17H14O3. The quantitative estimate of drug-likeness (QED) is 0.847. The van der Waals surface area contributed by atoms with E-state index in [1.165, 1.54) is 0 Å². The fourth-order valence-electron chi connectivity index (χ4n) is 2.00. The molecule has 20 heavy (non-hydrogen) atoms. The van der Waals surface area contributed by atoms with E-state index in [1.807, 2.05) is 54.6 Å². The molecule has 0 aromatic heterocycles. The number of rotatable bonds is 3. The van der Waals surface area contributed by atoms with Gasteiger partial charge in [-0.2, -0.15) is 0 Å². The van der Waals surface area contributed by atoms with E-state index in [-0.39, 0.29) is 5.78 Å². The Balaban J connectivity index is 1.76. The van der Waals surface area contributed by atoms with Gasteiger partial charge in [-0.3, -0.25) is 4.79 Å². The zero-order valence-corrected chi connectivity index (χ0v) is 10.9. The molecule has 1 aliphatic heterocycles. The molecule has 1 heterocycles. The van der Waals surface area contributed by atoms with Gasteiger partial charge in [0.25, 0.3) is 0 Å². The molecule has 1 aliphatic rings. The second-order valence-corrected chi connectivity index (χ2v) is 4.51. The first kappa shape index (κ1) is 12.5. The fourth-order valence-corrected chi connectivity index (χ4v) is 2.00. The first-order valence-corrected chi connectivity index (χ1v) is 6.52. The van der Waals surface area contributed by atoms with Crippen LogP contribution in [0.2, 0.25) is 0 Å². The molecule has 0 aliphatic carbocycles. The van der Waals surface area contributed by atoms with Crippen molar-refractivity contribution < 1.29 is 14.3 Å². The Hall–Kier alpha value is -2.55. The molecule has 0 unspecified atom stereocenters. The number of hydrogen-bond acceptors (Lipinski definition) is 3. The van der Waals surface area contributed by atoms with Gasteiger partial charge in [0.15, 0.2) is 5.78 Å². The minimum Gasteiger partial charge on any atom is -0.492 e. The van der Waals surface area contributed by atoms with Crippen LogP contribution in [0.25, 0.3) is 5.76 Å². The van der Waals surface area contributed by atoms with Crippen molar-refractivity contribution in [3.8, 4) is 11.5 Å². The van der Waals surface area contributed by atoms with Crippen molar-refractivity contribution >= 4 is 11.5 Å². The standard InChI is InChI=1S/C17H14O3/c18-14-10-11-19-17(12-14)13-6-8-16(9-7-13)20-15-4-2-1-3-5-15/h1-9,12H,10-11H2. The molecule has 0 atom stereocenters.